The van der Waals surface area contributed by atoms with Crippen molar-refractivity contribution >= 4 is 11.9 Å². The van der Waals surface area contributed by atoms with Crippen LogP contribution in [0.4, 0.5) is 0 Å². The van der Waals surface area contributed by atoms with Crippen molar-refractivity contribution in [2.75, 3.05) is 0 Å². The molecule has 1 saturated heterocycles. The second-order valence-electron chi connectivity index (χ2n) is 6.47. The molecule has 84 valence electrons. The van der Waals surface area contributed by atoms with Crippen LogP contribution >= 0.6 is 0 Å². The maximum atomic E-state index is 12.1. The zero-order valence-corrected chi connectivity index (χ0v) is 9.07. The fourth-order valence-corrected chi connectivity index (χ4v) is 5.98. The number of rotatable bonds is 0. The van der Waals surface area contributed by atoms with Gasteiger partial charge in [0.2, 0.25) is 0 Å². The highest BCUT2D eigenvalue weighted by atomic mass is 16.6. The molecule has 0 amide bonds. The lowest BCUT2D eigenvalue weighted by Gasteiger charge is -2.29. The zero-order valence-electron chi connectivity index (χ0n) is 9.07. The van der Waals surface area contributed by atoms with Gasteiger partial charge in [-0.05, 0) is 49.9 Å². The van der Waals surface area contributed by atoms with Crippen molar-refractivity contribution in [1.29, 1.82) is 0 Å². The lowest BCUT2D eigenvalue weighted by atomic mass is 9.74. The summed E-state index contributed by atoms with van der Waals surface area (Å²) in [5, 5.41) is 0. The first-order valence-corrected chi connectivity index (χ1v) is 6.49. The molecule has 6 fully saturated rings. The summed E-state index contributed by atoms with van der Waals surface area (Å²) in [7, 11) is 0. The summed E-state index contributed by atoms with van der Waals surface area (Å²) in [4.78, 5) is 23.9. The van der Waals surface area contributed by atoms with Crippen LogP contribution in [0.3, 0.4) is 0 Å². The normalized spacial score (nSPS) is 64.2. The van der Waals surface area contributed by atoms with E-state index in [9.17, 15) is 9.59 Å². The third kappa shape index (κ3) is 0.518. The first-order valence-electron chi connectivity index (χ1n) is 6.49. The molecule has 6 rings (SSSR count). The highest BCUT2D eigenvalue weighted by Gasteiger charge is 2.98. The molecular formula is C13H14O3. The van der Waals surface area contributed by atoms with Crippen LogP contribution in [-0.4, -0.2) is 11.9 Å². The van der Waals surface area contributed by atoms with Gasteiger partial charge in [0.25, 0.3) is 0 Å². The average molecular weight is 218 g/mol. The quantitative estimate of drug-likeness (QED) is 0.457. The molecule has 5 aliphatic carbocycles. The van der Waals surface area contributed by atoms with Gasteiger partial charge in [-0.1, -0.05) is 0 Å². The molecule has 0 aromatic rings. The molecule has 4 atom stereocenters. The Morgan fingerprint density at radius 2 is 1.88 bits per heavy atom. The Morgan fingerprint density at radius 1 is 1.12 bits per heavy atom. The van der Waals surface area contributed by atoms with Gasteiger partial charge in [0.1, 0.15) is 0 Å². The van der Waals surface area contributed by atoms with E-state index in [1.807, 2.05) is 0 Å². The number of carbonyl (C=O) groups is 2. The van der Waals surface area contributed by atoms with Gasteiger partial charge in [-0.2, -0.15) is 0 Å². The SMILES string of the molecule is O=C1OC(=O)[C@@]23C4CCC(CC4)C4CC42[C@H]13. The van der Waals surface area contributed by atoms with Crippen LogP contribution in [0.5, 0.6) is 0 Å². The molecular weight excluding hydrogens is 204 g/mol. The van der Waals surface area contributed by atoms with Crippen molar-refractivity contribution in [3.63, 3.8) is 0 Å². The average Bonchev–Trinajstić information content (AvgIpc) is 3.10. The lowest BCUT2D eigenvalue weighted by Crippen LogP contribution is -2.28. The number of cyclic esters (lactones) is 2. The molecule has 1 aliphatic heterocycles. The number of hydrogen-bond donors (Lipinski definition) is 0. The minimum atomic E-state index is -0.319. The molecule has 3 nitrogen and oxygen atoms in total. The lowest BCUT2D eigenvalue weighted by molar-refractivity contribution is -0.159. The van der Waals surface area contributed by atoms with E-state index in [0.717, 1.165) is 25.2 Å². The summed E-state index contributed by atoms with van der Waals surface area (Å²) in [5.41, 5.74) is -0.207. The van der Waals surface area contributed by atoms with Crippen LogP contribution in [0.2, 0.25) is 0 Å². The maximum Gasteiger partial charge on any atom is 0.321 e. The molecule has 3 heteroatoms. The Labute approximate surface area is 93.5 Å². The van der Waals surface area contributed by atoms with Crippen molar-refractivity contribution in [3.05, 3.63) is 0 Å². The standard InChI is InChI=1S/C13H14O3/c14-10-9-12-5-8(12)6-1-3-7(4-2-6)13(9,12)11(15)16-10/h6-9H,1-5H2/t6?,7?,8?,9-,12?,13-/m0/s1. The predicted molar refractivity (Wildman–Crippen MR) is 53.0 cm³/mol. The fraction of sp³-hybridized carbons (Fsp3) is 0.846. The van der Waals surface area contributed by atoms with Gasteiger partial charge in [0.05, 0.1) is 11.3 Å². The summed E-state index contributed by atoms with van der Waals surface area (Å²) in [6.07, 6.45) is 6.02. The van der Waals surface area contributed by atoms with Crippen molar-refractivity contribution in [1.82, 2.24) is 0 Å². The first-order chi connectivity index (χ1) is 7.73. The fourth-order valence-electron chi connectivity index (χ4n) is 5.98. The van der Waals surface area contributed by atoms with Gasteiger partial charge in [0.15, 0.2) is 0 Å². The van der Waals surface area contributed by atoms with E-state index in [4.69, 9.17) is 4.74 Å². The second kappa shape index (κ2) is 1.98. The number of carbonyl (C=O) groups excluding carboxylic acids is 2. The summed E-state index contributed by atoms with van der Waals surface area (Å²) in [5.74, 6) is 1.58. The van der Waals surface area contributed by atoms with Gasteiger partial charge in [-0.25, -0.2) is 0 Å². The number of hydrogen-bond acceptors (Lipinski definition) is 3. The van der Waals surface area contributed by atoms with Crippen LogP contribution in [0.25, 0.3) is 0 Å². The highest BCUT2D eigenvalue weighted by molar-refractivity contribution is 6.07. The number of esters is 2. The van der Waals surface area contributed by atoms with Gasteiger partial charge < -0.3 is 4.74 Å². The molecule has 0 aromatic heterocycles. The van der Waals surface area contributed by atoms with E-state index in [1.165, 1.54) is 12.8 Å². The van der Waals surface area contributed by atoms with Crippen LogP contribution in [0, 0.1) is 34.5 Å². The number of ether oxygens (including phenoxy) is 1. The Kier molecular flexibility index (Phi) is 1.02. The topological polar surface area (TPSA) is 43.4 Å². The molecule has 1 heterocycles. The molecule has 5 saturated carbocycles. The molecule has 6 aliphatic rings. The van der Waals surface area contributed by atoms with E-state index in [-0.39, 0.29) is 28.7 Å². The third-order valence-corrected chi connectivity index (χ3v) is 6.47. The van der Waals surface area contributed by atoms with Gasteiger partial charge >= 0.3 is 11.9 Å². The van der Waals surface area contributed by atoms with Gasteiger partial charge in [-0.15, -0.1) is 0 Å². The van der Waals surface area contributed by atoms with Crippen LogP contribution in [0.1, 0.15) is 32.1 Å². The predicted octanol–water partition coefficient (Wildman–Crippen LogP) is 1.51. The molecule has 16 heavy (non-hydrogen) atoms. The first kappa shape index (κ1) is 8.26. The van der Waals surface area contributed by atoms with Crippen LogP contribution < -0.4 is 0 Å². The van der Waals surface area contributed by atoms with E-state index in [0.29, 0.717) is 11.8 Å². The largest absolute Gasteiger partial charge is 0.392 e. The molecule has 2 unspecified atom stereocenters. The molecule has 0 aromatic carbocycles. The zero-order chi connectivity index (χ0) is 10.7. The Hall–Kier alpha value is -0.860. The van der Waals surface area contributed by atoms with Crippen molar-refractivity contribution in [2.45, 2.75) is 32.1 Å². The Balaban J connectivity index is 1.75. The summed E-state index contributed by atoms with van der Waals surface area (Å²) < 4.78 is 4.90. The minimum Gasteiger partial charge on any atom is -0.392 e. The second-order valence-corrected chi connectivity index (χ2v) is 6.47. The molecule has 2 bridgehead atoms. The van der Waals surface area contributed by atoms with Crippen LogP contribution in [0.15, 0.2) is 0 Å². The molecule has 2 spiro atoms. The monoisotopic (exact) mass is 218 g/mol. The highest BCUT2D eigenvalue weighted by Crippen LogP contribution is 2.94. The smallest absolute Gasteiger partial charge is 0.321 e. The summed E-state index contributed by atoms with van der Waals surface area (Å²) in [6.45, 7) is 0. The van der Waals surface area contributed by atoms with E-state index in [1.54, 1.807) is 0 Å². The number of fused-ring (bicyclic) bond motifs is 2. The molecule has 0 radical (unpaired) electrons. The van der Waals surface area contributed by atoms with Crippen molar-refractivity contribution in [2.24, 2.45) is 34.5 Å². The van der Waals surface area contributed by atoms with Crippen LogP contribution in [-0.2, 0) is 14.3 Å². The summed E-state index contributed by atoms with van der Waals surface area (Å²) >= 11 is 0. The minimum absolute atomic E-state index is 0.0226. The van der Waals surface area contributed by atoms with E-state index in [2.05, 4.69) is 0 Å². The maximum absolute atomic E-state index is 12.1. The third-order valence-electron chi connectivity index (χ3n) is 6.47. The van der Waals surface area contributed by atoms with Crippen molar-refractivity contribution < 1.29 is 14.3 Å². The Bertz CT molecular complexity index is 448. The molecule has 0 N–H and O–H groups in total. The van der Waals surface area contributed by atoms with Gasteiger partial charge in [0, 0.05) is 5.41 Å². The summed E-state index contributed by atoms with van der Waals surface area (Å²) in [6, 6.07) is 0. The van der Waals surface area contributed by atoms with E-state index >= 15 is 0 Å². The Morgan fingerprint density at radius 3 is 2.62 bits per heavy atom. The van der Waals surface area contributed by atoms with Crippen molar-refractivity contribution in [3.8, 4) is 0 Å². The van der Waals surface area contributed by atoms with Gasteiger partial charge in [-0.3, -0.25) is 9.59 Å². The van der Waals surface area contributed by atoms with E-state index < -0.39 is 0 Å².